The van der Waals surface area contributed by atoms with Gasteiger partial charge in [0.1, 0.15) is 0 Å². The summed E-state index contributed by atoms with van der Waals surface area (Å²) in [6.07, 6.45) is 0. The first-order valence-corrected chi connectivity index (χ1v) is 7.62. The summed E-state index contributed by atoms with van der Waals surface area (Å²) in [7, 11) is -9.96. The molecule has 94 valence electrons. The molecule has 0 aromatic carbocycles. The number of nitrogens with one attached hydrogen (secondary N) is 1. The molecule has 1 heterocycles. The normalized spacial score (nSPS) is 38.3. The number of halogens is 5. The van der Waals surface area contributed by atoms with Crippen LogP contribution in [-0.4, -0.2) is 42.1 Å². The van der Waals surface area contributed by atoms with Gasteiger partial charge in [-0.2, -0.15) is 0 Å². The molecule has 1 rings (SSSR count). The maximum absolute atomic E-state index is 13.8. The van der Waals surface area contributed by atoms with Gasteiger partial charge < -0.3 is 0 Å². The van der Waals surface area contributed by atoms with Gasteiger partial charge in [-0.1, -0.05) is 0 Å². The minimum absolute atomic E-state index is 0.395. The summed E-state index contributed by atoms with van der Waals surface area (Å²) in [4.78, 5) is 0. The van der Waals surface area contributed by atoms with Crippen molar-refractivity contribution in [2.24, 2.45) is 0 Å². The summed E-state index contributed by atoms with van der Waals surface area (Å²) < 4.78 is 65.3. The van der Waals surface area contributed by atoms with E-state index in [2.05, 4.69) is 0 Å². The van der Waals surface area contributed by atoms with Crippen LogP contribution >= 0.6 is 15.5 Å². The topological polar surface area (TPSA) is 21.8 Å². The Balaban J connectivity index is 3.11. The van der Waals surface area contributed by atoms with Gasteiger partial charge in [-0.3, -0.25) is 0 Å². The SMILES string of the molecule is CN(C)NP1(F)(F)N(C)P(F)(F)(F)N1C. The number of nitrogens with zero attached hydrogens (tertiary/aromatic N) is 3. The van der Waals surface area contributed by atoms with Crippen molar-refractivity contribution in [3.63, 3.8) is 0 Å². The molecule has 0 aromatic heterocycles. The van der Waals surface area contributed by atoms with Crippen LogP contribution in [0.25, 0.3) is 0 Å². The fourth-order valence-corrected chi connectivity index (χ4v) is 7.97. The van der Waals surface area contributed by atoms with E-state index in [9.17, 15) is 21.0 Å². The van der Waals surface area contributed by atoms with Crippen LogP contribution in [0.15, 0.2) is 0 Å². The van der Waals surface area contributed by atoms with Crippen LogP contribution in [0.2, 0.25) is 0 Å². The molecule has 1 saturated heterocycles. The number of rotatable bonds is 2. The zero-order valence-electron chi connectivity index (χ0n) is 8.63. The van der Waals surface area contributed by atoms with Gasteiger partial charge in [-0.15, -0.1) is 0 Å². The third-order valence-electron chi connectivity index (χ3n) is 2.27. The quantitative estimate of drug-likeness (QED) is 0.474. The van der Waals surface area contributed by atoms with Crippen molar-refractivity contribution >= 4 is 15.5 Å². The molecule has 0 amide bonds. The van der Waals surface area contributed by atoms with Gasteiger partial charge >= 0.3 is 83.8 Å². The zero-order valence-corrected chi connectivity index (χ0v) is 10.4. The molecule has 1 aliphatic heterocycles. The van der Waals surface area contributed by atoms with Crippen molar-refractivity contribution in [1.82, 2.24) is 19.1 Å². The van der Waals surface area contributed by atoms with E-state index < -0.39 is 24.4 Å². The molecule has 0 aromatic rings. The Morgan fingerprint density at radius 3 is 1.53 bits per heavy atom. The van der Waals surface area contributed by atoms with E-state index >= 15 is 0 Å². The van der Waals surface area contributed by atoms with Crippen molar-refractivity contribution in [2.45, 2.75) is 0 Å². The van der Waals surface area contributed by atoms with E-state index in [1.807, 2.05) is 0 Å². The summed E-state index contributed by atoms with van der Waals surface area (Å²) in [5.74, 6) is 0. The van der Waals surface area contributed by atoms with Crippen molar-refractivity contribution in [3.05, 3.63) is 0 Å². The van der Waals surface area contributed by atoms with Gasteiger partial charge in [0.05, 0.1) is 0 Å². The number of hydrogen-bond acceptors (Lipinski definition) is 4. The summed E-state index contributed by atoms with van der Waals surface area (Å²) in [6.45, 7) is 0. The summed E-state index contributed by atoms with van der Waals surface area (Å²) >= 11 is 0. The molecule has 1 aliphatic rings. The maximum atomic E-state index is 13.8. The van der Waals surface area contributed by atoms with Crippen LogP contribution in [0.4, 0.5) is 21.0 Å². The Morgan fingerprint density at radius 2 is 1.27 bits per heavy atom. The first-order valence-electron chi connectivity index (χ1n) is 3.88. The predicted octanol–water partition coefficient (Wildman–Crippen LogP) is 3.03. The third-order valence-corrected chi connectivity index (χ3v) is 10.3. The molecule has 0 radical (unpaired) electrons. The van der Waals surface area contributed by atoms with Gasteiger partial charge in [0.25, 0.3) is 0 Å². The van der Waals surface area contributed by atoms with Crippen molar-refractivity contribution in [1.29, 1.82) is 0 Å². The average Bonchev–Trinajstić information content (AvgIpc) is 1.99. The molecule has 0 spiro atoms. The van der Waals surface area contributed by atoms with Crippen LogP contribution in [-0.2, 0) is 0 Å². The summed E-state index contributed by atoms with van der Waals surface area (Å²) in [5, 5.41) is 2.44. The fourth-order valence-electron chi connectivity index (χ4n) is 1.28. The average molecular weight is 274 g/mol. The Morgan fingerprint density at radius 1 is 0.933 bits per heavy atom. The molecular weight excluding hydrogens is 261 g/mol. The van der Waals surface area contributed by atoms with Gasteiger partial charge in [-0.25, -0.2) is 0 Å². The van der Waals surface area contributed by atoms with Crippen LogP contribution in [0.5, 0.6) is 0 Å². The van der Waals surface area contributed by atoms with Crippen LogP contribution in [0, 0.1) is 0 Å². The van der Waals surface area contributed by atoms with Crippen molar-refractivity contribution in [2.75, 3.05) is 28.2 Å². The summed E-state index contributed by atoms with van der Waals surface area (Å²) in [6, 6.07) is 0. The third kappa shape index (κ3) is 1.49. The van der Waals surface area contributed by atoms with Crippen LogP contribution < -0.4 is 5.20 Å². The Kier molecular flexibility index (Phi) is 2.48. The fraction of sp³-hybridized carbons (Fsp3) is 1.00. The second-order valence-corrected chi connectivity index (χ2v) is 9.88. The standard InChI is InChI=1S/C4H13F5N4P2/c1-11(2)10-15(8,9)12(3)14(5,6,7)13(15)4/h10H,1-4H3. The van der Waals surface area contributed by atoms with E-state index in [-0.39, 0.29) is 0 Å². The molecule has 0 aliphatic carbocycles. The second-order valence-electron chi connectivity index (χ2n) is 3.53. The molecule has 0 saturated carbocycles. The minimum atomic E-state index is -7.02. The van der Waals surface area contributed by atoms with Gasteiger partial charge in [0.2, 0.25) is 0 Å². The predicted molar refractivity (Wildman–Crippen MR) is 51.7 cm³/mol. The monoisotopic (exact) mass is 274 g/mol. The first kappa shape index (κ1) is 13.4. The van der Waals surface area contributed by atoms with E-state index in [1.165, 1.54) is 14.1 Å². The second kappa shape index (κ2) is 2.78. The molecule has 1 N–H and O–H groups in total. The van der Waals surface area contributed by atoms with Crippen molar-refractivity contribution in [3.8, 4) is 0 Å². The summed E-state index contributed by atoms with van der Waals surface area (Å²) in [5.41, 5.74) is 0. The molecular formula is C4H13F5N4P2. The van der Waals surface area contributed by atoms with E-state index in [1.54, 1.807) is 5.20 Å². The number of hydrogen-bond donors (Lipinski definition) is 1. The molecule has 11 heteroatoms. The van der Waals surface area contributed by atoms with Crippen molar-refractivity contribution < 1.29 is 21.0 Å². The Bertz CT molecular complexity index is 283. The molecule has 4 nitrogen and oxygen atoms in total. The Labute approximate surface area is 84.7 Å². The number of hydrazine groups is 1. The first-order chi connectivity index (χ1) is 6.30. The molecule has 0 unspecified atom stereocenters. The Hall–Kier alpha value is 0.350. The van der Waals surface area contributed by atoms with Gasteiger partial charge in [0.15, 0.2) is 0 Å². The van der Waals surface area contributed by atoms with Crippen LogP contribution in [0.1, 0.15) is 0 Å². The molecule has 15 heavy (non-hydrogen) atoms. The van der Waals surface area contributed by atoms with Gasteiger partial charge in [-0.05, 0) is 0 Å². The van der Waals surface area contributed by atoms with E-state index in [0.29, 0.717) is 14.1 Å². The molecule has 0 atom stereocenters. The molecule has 0 bridgehead atoms. The zero-order chi connectivity index (χ0) is 12.3. The van der Waals surface area contributed by atoms with E-state index in [4.69, 9.17) is 0 Å². The molecule has 1 fully saturated rings. The van der Waals surface area contributed by atoms with E-state index in [0.717, 1.165) is 5.01 Å². The van der Waals surface area contributed by atoms with Gasteiger partial charge in [0, 0.05) is 0 Å². The van der Waals surface area contributed by atoms with Crippen LogP contribution in [0.3, 0.4) is 0 Å².